The van der Waals surface area contributed by atoms with Crippen LogP contribution in [-0.4, -0.2) is 5.33 Å². The molecule has 0 amide bonds. The molecule has 1 aliphatic rings. The second-order valence-electron chi connectivity index (χ2n) is 4.31. The molecule has 0 unspecified atom stereocenters. The highest BCUT2D eigenvalue weighted by atomic mass is 79.9. The van der Waals surface area contributed by atoms with E-state index in [-0.39, 0.29) is 0 Å². The summed E-state index contributed by atoms with van der Waals surface area (Å²) in [6.45, 7) is 7.02. The number of rotatable bonds is 2. The molecule has 0 aliphatic heterocycles. The minimum atomic E-state index is 0.451. The van der Waals surface area contributed by atoms with E-state index < -0.39 is 0 Å². The average molecular weight is 231 g/mol. The normalized spacial score (nSPS) is 23.0. The predicted molar refractivity (Wildman–Crippen MR) is 58.7 cm³/mol. The van der Waals surface area contributed by atoms with E-state index in [1.807, 2.05) is 0 Å². The number of halogens is 1. The van der Waals surface area contributed by atoms with Gasteiger partial charge >= 0.3 is 0 Å². The van der Waals surface area contributed by atoms with Crippen molar-refractivity contribution in [3.8, 4) is 0 Å². The maximum absolute atomic E-state index is 3.61. The van der Waals surface area contributed by atoms with Crippen molar-refractivity contribution in [2.24, 2.45) is 5.41 Å². The zero-order valence-corrected chi connectivity index (χ0v) is 10.00. The van der Waals surface area contributed by atoms with E-state index in [1.165, 1.54) is 25.7 Å². The summed E-state index contributed by atoms with van der Waals surface area (Å²) in [7, 11) is 0. The summed E-state index contributed by atoms with van der Waals surface area (Å²) in [6.07, 6.45) is 5.31. The molecule has 0 N–H and O–H groups in total. The van der Waals surface area contributed by atoms with Gasteiger partial charge in [0.05, 0.1) is 0 Å². The van der Waals surface area contributed by atoms with Crippen molar-refractivity contribution in [1.82, 2.24) is 0 Å². The third-order valence-electron chi connectivity index (χ3n) is 3.08. The Balaban J connectivity index is 2.94. The van der Waals surface area contributed by atoms with Crippen LogP contribution in [-0.2, 0) is 0 Å². The van der Waals surface area contributed by atoms with Crippen LogP contribution in [0.5, 0.6) is 0 Å². The van der Waals surface area contributed by atoms with E-state index in [9.17, 15) is 0 Å². The lowest BCUT2D eigenvalue weighted by Gasteiger charge is -2.34. The van der Waals surface area contributed by atoms with Crippen LogP contribution >= 0.6 is 15.9 Å². The average Bonchev–Trinajstić information content (AvgIpc) is 2.02. The van der Waals surface area contributed by atoms with Gasteiger partial charge in [0.15, 0.2) is 0 Å². The lowest BCUT2D eigenvalue weighted by Crippen LogP contribution is -2.21. The van der Waals surface area contributed by atoms with Crippen molar-refractivity contribution in [1.29, 1.82) is 0 Å². The monoisotopic (exact) mass is 230 g/mol. The van der Waals surface area contributed by atoms with Crippen LogP contribution in [0.3, 0.4) is 0 Å². The van der Waals surface area contributed by atoms with E-state index in [2.05, 4.69) is 36.7 Å². The Bertz CT molecular complexity index is 189. The molecule has 0 nitrogen and oxygen atoms in total. The molecule has 0 aromatic rings. The zero-order chi connectivity index (χ0) is 9.19. The molecule has 70 valence electrons. The van der Waals surface area contributed by atoms with E-state index in [0.717, 1.165) is 5.33 Å². The van der Waals surface area contributed by atoms with Gasteiger partial charge in [-0.15, -0.1) is 0 Å². The quantitative estimate of drug-likeness (QED) is 0.491. The summed E-state index contributed by atoms with van der Waals surface area (Å²) >= 11 is 3.61. The Morgan fingerprint density at radius 2 is 2.08 bits per heavy atom. The summed E-state index contributed by atoms with van der Waals surface area (Å²) in [5.74, 6) is 0. The highest BCUT2D eigenvalue weighted by molar-refractivity contribution is 9.09. The van der Waals surface area contributed by atoms with E-state index in [0.29, 0.717) is 5.41 Å². The molecular weight excluding hydrogens is 212 g/mol. The second kappa shape index (κ2) is 3.95. The van der Waals surface area contributed by atoms with Gasteiger partial charge < -0.3 is 0 Å². The summed E-state index contributed by atoms with van der Waals surface area (Å²) in [5.41, 5.74) is 3.81. The molecule has 1 aliphatic carbocycles. The third kappa shape index (κ3) is 1.93. The van der Waals surface area contributed by atoms with E-state index >= 15 is 0 Å². The number of hydrogen-bond acceptors (Lipinski definition) is 0. The van der Waals surface area contributed by atoms with E-state index in [4.69, 9.17) is 0 Å². The lowest BCUT2D eigenvalue weighted by molar-refractivity contribution is 0.366. The highest BCUT2D eigenvalue weighted by Gasteiger charge is 2.27. The minimum Gasteiger partial charge on any atom is -0.0880 e. The van der Waals surface area contributed by atoms with Gasteiger partial charge in [0.25, 0.3) is 0 Å². The van der Waals surface area contributed by atoms with Crippen LogP contribution in [0.1, 0.15) is 46.5 Å². The first-order valence-electron chi connectivity index (χ1n) is 4.89. The van der Waals surface area contributed by atoms with Crippen molar-refractivity contribution in [2.45, 2.75) is 46.5 Å². The first-order chi connectivity index (χ1) is 5.61. The first kappa shape index (κ1) is 10.3. The Hall–Kier alpha value is 0.220. The van der Waals surface area contributed by atoms with Crippen LogP contribution in [0.4, 0.5) is 0 Å². The van der Waals surface area contributed by atoms with Crippen LogP contribution < -0.4 is 0 Å². The molecule has 0 saturated heterocycles. The molecule has 0 heterocycles. The summed E-state index contributed by atoms with van der Waals surface area (Å²) in [6, 6.07) is 0. The smallest absolute Gasteiger partial charge is 0.0249 e. The maximum atomic E-state index is 3.61. The third-order valence-corrected chi connectivity index (χ3v) is 3.65. The molecule has 0 spiro atoms. The van der Waals surface area contributed by atoms with E-state index in [1.54, 1.807) is 11.1 Å². The Morgan fingerprint density at radius 1 is 1.42 bits per heavy atom. The van der Waals surface area contributed by atoms with Crippen LogP contribution in [0.15, 0.2) is 11.1 Å². The topological polar surface area (TPSA) is 0 Å². The Labute approximate surface area is 84.6 Å². The number of allylic oxidation sites excluding steroid dienone is 2. The van der Waals surface area contributed by atoms with Gasteiger partial charge in [-0.25, -0.2) is 0 Å². The van der Waals surface area contributed by atoms with Gasteiger partial charge in [-0.3, -0.25) is 0 Å². The zero-order valence-electron chi connectivity index (χ0n) is 8.41. The fourth-order valence-corrected chi connectivity index (χ4v) is 3.35. The van der Waals surface area contributed by atoms with Gasteiger partial charge in [-0.1, -0.05) is 47.8 Å². The van der Waals surface area contributed by atoms with Gasteiger partial charge in [-0.05, 0) is 31.1 Å². The van der Waals surface area contributed by atoms with Crippen LogP contribution in [0, 0.1) is 5.41 Å². The van der Waals surface area contributed by atoms with Crippen LogP contribution in [0.25, 0.3) is 0 Å². The largest absolute Gasteiger partial charge is 0.0880 e. The first-order valence-corrected chi connectivity index (χ1v) is 6.01. The standard InChI is InChI=1S/C11H19Br/c1-4-9-6-5-7-11(2,3)10(9)8-12/h4-8H2,1-3H3. The second-order valence-corrected chi connectivity index (χ2v) is 4.87. The lowest BCUT2D eigenvalue weighted by atomic mass is 9.73. The van der Waals surface area contributed by atoms with Gasteiger partial charge in [-0.2, -0.15) is 0 Å². The molecule has 0 atom stereocenters. The molecule has 0 saturated carbocycles. The van der Waals surface area contributed by atoms with Gasteiger partial charge in [0.2, 0.25) is 0 Å². The van der Waals surface area contributed by atoms with Crippen molar-refractivity contribution >= 4 is 15.9 Å². The molecule has 0 fully saturated rings. The molecule has 0 bridgehead atoms. The highest BCUT2D eigenvalue weighted by Crippen LogP contribution is 2.41. The predicted octanol–water partition coefficient (Wildman–Crippen LogP) is 4.30. The summed E-state index contributed by atoms with van der Waals surface area (Å²) in [5, 5.41) is 1.07. The van der Waals surface area contributed by atoms with Crippen LogP contribution in [0.2, 0.25) is 0 Å². The van der Waals surface area contributed by atoms with Crippen molar-refractivity contribution in [3.05, 3.63) is 11.1 Å². The van der Waals surface area contributed by atoms with Gasteiger partial charge in [0.1, 0.15) is 0 Å². The molecule has 0 aromatic carbocycles. The van der Waals surface area contributed by atoms with Crippen molar-refractivity contribution in [2.75, 3.05) is 5.33 Å². The van der Waals surface area contributed by atoms with Gasteiger partial charge in [0, 0.05) is 5.33 Å². The molecule has 1 heteroatoms. The fraction of sp³-hybridized carbons (Fsp3) is 0.818. The maximum Gasteiger partial charge on any atom is 0.0249 e. The Morgan fingerprint density at radius 3 is 2.50 bits per heavy atom. The molecular formula is C11H19Br. The van der Waals surface area contributed by atoms with Crippen molar-refractivity contribution < 1.29 is 0 Å². The Kier molecular flexibility index (Phi) is 3.39. The molecule has 1 rings (SSSR count). The molecule has 0 radical (unpaired) electrons. The molecule has 12 heavy (non-hydrogen) atoms. The fourth-order valence-electron chi connectivity index (χ4n) is 2.19. The number of alkyl halides is 1. The number of hydrogen-bond donors (Lipinski definition) is 0. The SMILES string of the molecule is CCC1=C(CBr)C(C)(C)CCC1. The minimum absolute atomic E-state index is 0.451. The van der Waals surface area contributed by atoms with Crippen molar-refractivity contribution in [3.63, 3.8) is 0 Å². The molecule has 0 aromatic heterocycles. The summed E-state index contributed by atoms with van der Waals surface area (Å²) < 4.78 is 0. The summed E-state index contributed by atoms with van der Waals surface area (Å²) in [4.78, 5) is 0.